The third-order valence-electron chi connectivity index (χ3n) is 4.42. The summed E-state index contributed by atoms with van der Waals surface area (Å²) in [7, 11) is 0. The van der Waals surface area contributed by atoms with Crippen molar-refractivity contribution in [2.24, 2.45) is 0 Å². The minimum Gasteiger partial charge on any atom is -0.326 e. The highest BCUT2D eigenvalue weighted by atomic mass is 16.1. The van der Waals surface area contributed by atoms with Gasteiger partial charge in [0.1, 0.15) is 0 Å². The lowest BCUT2D eigenvalue weighted by atomic mass is 9.90. The Hall–Kier alpha value is -2.09. The molecule has 0 radical (unpaired) electrons. The van der Waals surface area contributed by atoms with Gasteiger partial charge in [-0.2, -0.15) is 0 Å². The average Bonchev–Trinajstić information content (AvgIpc) is 2.62. The summed E-state index contributed by atoms with van der Waals surface area (Å²) in [5.74, 6) is 0.403. The van der Waals surface area contributed by atoms with Crippen molar-refractivity contribution in [3.8, 4) is 0 Å². The molecule has 2 nitrogen and oxygen atoms in total. The van der Waals surface area contributed by atoms with Crippen LogP contribution < -0.4 is 5.32 Å². The van der Waals surface area contributed by atoms with E-state index in [9.17, 15) is 4.79 Å². The Kier molecular flexibility index (Phi) is 8.09. The molecule has 1 atom stereocenters. The molecule has 0 aliphatic rings. The Balaban J connectivity index is 1.91. The Morgan fingerprint density at radius 1 is 0.875 bits per heavy atom. The van der Waals surface area contributed by atoms with E-state index in [4.69, 9.17) is 0 Å². The number of para-hydroxylation sites is 1. The average molecular weight is 323 g/mol. The molecule has 1 amide bonds. The zero-order chi connectivity index (χ0) is 17.0. The van der Waals surface area contributed by atoms with Gasteiger partial charge < -0.3 is 5.32 Å². The summed E-state index contributed by atoms with van der Waals surface area (Å²) < 4.78 is 0. The molecule has 2 heteroatoms. The predicted molar refractivity (Wildman–Crippen MR) is 102 cm³/mol. The van der Waals surface area contributed by atoms with Crippen LogP contribution in [0.3, 0.4) is 0 Å². The molecule has 0 aromatic heterocycles. The van der Waals surface area contributed by atoms with Crippen molar-refractivity contribution in [1.29, 1.82) is 0 Å². The monoisotopic (exact) mass is 323 g/mol. The second-order valence-corrected chi connectivity index (χ2v) is 6.43. The van der Waals surface area contributed by atoms with Crippen molar-refractivity contribution >= 4 is 11.6 Å². The fourth-order valence-electron chi connectivity index (χ4n) is 3.06. The zero-order valence-corrected chi connectivity index (χ0v) is 14.7. The van der Waals surface area contributed by atoms with Crippen molar-refractivity contribution in [2.75, 3.05) is 5.32 Å². The molecule has 2 rings (SSSR count). The van der Waals surface area contributed by atoms with Crippen LogP contribution in [0, 0.1) is 0 Å². The van der Waals surface area contributed by atoms with E-state index in [0.29, 0.717) is 12.3 Å². The summed E-state index contributed by atoms with van der Waals surface area (Å²) in [6.45, 7) is 2.24. The number of unbranched alkanes of at least 4 members (excludes halogenated alkanes) is 4. The Morgan fingerprint density at radius 2 is 1.50 bits per heavy atom. The fraction of sp³-hybridized carbons (Fsp3) is 0.409. The molecule has 1 N–H and O–H groups in total. The van der Waals surface area contributed by atoms with Crippen molar-refractivity contribution < 1.29 is 4.79 Å². The molecule has 0 bridgehead atoms. The number of carbonyl (C=O) groups excluding carboxylic acids is 1. The third-order valence-corrected chi connectivity index (χ3v) is 4.42. The van der Waals surface area contributed by atoms with E-state index < -0.39 is 0 Å². The molecule has 0 fully saturated rings. The van der Waals surface area contributed by atoms with E-state index in [1.54, 1.807) is 0 Å². The van der Waals surface area contributed by atoms with Gasteiger partial charge in [-0.25, -0.2) is 0 Å². The number of amides is 1. The molecule has 0 aliphatic heterocycles. The van der Waals surface area contributed by atoms with E-state index in [2.05, 4.69) is 36.5 Å². The summed E-state index contributed by atoms with van der Waals surface area (Å²) in [4.78, 5) is 12.4. The summed E-state index contributed by atoms with van der Waals surface area (Å²) in [5, 5.41) is 3.01. The molecule has 128 valence electrons. The van der Waals surface area contributed by atoms with Gasteiger partial charge in [-0.05, 0) is 30.0 Å². The highest BCUT2D eigenvalue weighted by molar-refractivity contribution is 5.91. The molecule has 0 saturated heterocycles. The van der Waals surface area contributed by atoms with E-state index in [-0.39, 0.29) is 5.91 Å². The lowest BCUT2D eigenvalue weighted by Gasteiger charge is -2.17. The highest BCUT2D eigenvalue weighted by Gasteiger charge is 2.16. The molecule has 2 aromatic carbocycles. The first-order valence-corrected chi connectivity index (χ1v) is 9.19. The van der Waals surface area contributed by atoms with Gasteiger partial charge in [0.15, 0.2) is 0 Å². The minimum absolute atomic E-state index is 0.101. The predicted octanol–water partition coefficient (Wildman–Crippen LogP) is 6.16. The molecule has 24 heavy (non-hydrogen) atoms. The summed E-state index contributed by atoms with van der Waals surface area (Å²) >= 11 is 0. The van der Waals surface area contributed by atoms with Crippen LogP contribution in [0.4, 0.5) is 5.69 Å². The number of rotatable bonds is 10. The largest absolute Gasteiger partial charge is 0.326 e. The van der Waals surface area contributed by atoms with Crippen LogP contribution in [0.2, 0.25) is 0 Å². The number of nitrogens with one attached hydrogen (secondary N) is 1. The van der Waals surface area contributed by atoms with Crippen LogP contribution in [0.5, 0.6) is 0 Å². The minimum atomic E-state index is 0.101. The molecule has 0 aliphatic carbocycles. The zero-order valence-electron chi connectivity index (χ0n) is 14.7. The molecular formula is C22H29NO. The van der Waals surface area contributed by atoms with Crippen LogP contribution in [0.15, 0.2) is 60.7 Å². The molecule has 0 heterocycles. The van der Waals surface area contributed by atoms with Gasteiger partial charge in [0.05, 0.1) is 0 Å². The van der Waals surface area contributed by atoms with Crippen molar-refractivity contribution in [1.82, 2.24) is 0 Å². The summed E-state index contributed by atoms with van der Waals surface area (Å²) in [5.41, 5.74) is 2.15. The SMILES string of the molecule is CCCCCCCC(CC(=O)Nc1ccccc1)c1ccccc1. The molecule has 2 aromatic rings. The molecule has 1 unspecified atom stereocenters. The maximum atomic E-state index is 12.4. The second kappa shape index (κ2) is 10.6. The van der Waals surface area contributed by atoms with E-state index in [1.165, 1.54) is 37.7 Å². The van der Waals surface area contributed by atoms with Crippen LogP contribution in [-0.2, 0) is 4.79 Å². The number of benzene rings is 2. The highest BCUT2D eigenvalue weighted by Crippen LogP contribution is 2.26. The van der Waals surface area contributed by atoms with E-state index in [1.807, 2.05) is 36.4 Å². The van der Waals surface area contributed by atoms with Crippen LogP contribution in [-0.4, -0.2) is 5.91 Å². The maximum absolute atomic E-state index is 12.4. The van der Waals surface area contributed by atoms with Gasteiger partial charge in [0.2, 0.25) is 5.91 Å². The first kappa shape index (κ1) is 18.3. The van der Waals surface area contributed by atoms with Gasteiger partial charge >= 0.3 is 0 Å². The number of anilines is 1. The van der Waals surface area contributed by atoms with Crippen molar-refractivity contribution in [2.45, 2.75) is 57.8 Å². The second-order valence-electron chi connectivity index (χ2n) is 6.43. The Morgan fingerprint density at radius 3 is 2.17 bits per heavy atom. The normalized spacial score (nSPS) is 11.9. The van der Waals surface area contributed by atoms with Crippen LogP contribution in [0.1, 0.15) is 63.4 Å². The quantitative estimate of drug-likeness (QED) is 0.521. The molecule has 0 saturated carbocycles. The Bertz CT molecular complexity index is 579. The van der Waals surface area contributed by atoms with Crippen LogP contribution in [0.25, 0.3) is 0 Å². The molecular weight excluding hydrogens is 294 g/mol. The van der Waals surface area contributed by atoms with Gasteiger partial charge in [0, 0.05) is 12.1 Å². The number of hydrogen-bond donors (Lipinski definition) is 1. The van der Waals surface area contributed by atoms with E-state index >= 15 is 0 Å². The maximum Gasteiger partial charge on any atom is 0.224 e. The fourth-order valence-corrected chi connectivity index (χ4v) is 3.06. The van der Waals surface area contributed by atoms with Gasteiger partial charge in [-0.15, -0.1) is 0 Å². The van der Waals surface area contributed by atoms with Crippen LogP contribution >= 0.6 is 0 Å². The van der Waals surface area contributed by atoms with Crippen molar-refractivity contribution in [3.05, 3.63) is 66.2 Å². The summed E-state index contributed by atoms with van der Waals surface area (Å²) in [6, 6.07) is 20.2. The topological polar surface area (TPSA) is 29.1 Å². The van der Waals surface area contributed by atoms with Crippen molar-refractivity contribution in [3.63, 3.8) is 0 Å². The van der Waals surface area contributed by atoms with Gasteiger partial charge in [-0.3, -0.25) is 4.79 Å². The summed E-state index contributed by atoms with van der Waals surface area (Å²) in [6.07, 6.45) is 7.96. The lowest BCUT2D eigenvalue weighted by Crippen LogP contribution is -2.15. The first-order chi connectivity index (χ1) is 11.8. The molecule has 0 spiro atoms. The first-order valence-electron chi connectivity index (χ1n) is 9.19. The standard InChI is InChI=1S/C22H29NO/c1-2-3-4-5-8-15-20(19-13-9-6-10-14-19)18-22(24)23-21-16-11-7-12-17-21/h6-7,9-14,16-17,20H,2-5,8,15,18H2,1H3,(H,23,24). The van der Waals surface area contributed by atoms with Gasteiger partial charge in [0.25, 0.3) is 0 Å². The number of carbonyl (C=O) groups is 1. The smallest absolute Gasteiger partial charge is 0.224 e. The third kappa shape index (κ3) is 6.57. The number of hydrogen-bond acceptors (Lipinski definition) is 1. The van der Waals surface area contributed by atoms with Gasteiger partial charge in [-0.1, -0.05) is 87.6 Å². The lowest BCUT2D eigenvalue weighted by molar-refractivity contribution is -0.116. The Labute approximate surface area is 146 Å². The van der Waals surface area contributed by atoms with E-state index in [0.717, 1.165) is 12.1 Å².